The number of benzene rings is 2. The van der Waals surface area contributed by atoms with E-state index in [2.05, 4.69) is 15.5 Å². The van der Waals surface area contributed by atoms with Crippen LogP contribution in [0.5, 0.6) is 0 Å². The predicted octanol–water partition coefficient (Wildman–Crippen LogP) is 4.38. The van der Waals surface area contributed by atoms with Gasteiger partial charge in [0, 0.05) is 16.6 Å². The van der Waals surface area contributed by atoms with Crippen molar-refractivity contribution in [3.63, 3.8) is 0 Å². The maximum absolute atomic E-state index is 12.9. The molecule has 0 saturated heterocycles. The summed E-state index contributed by atoms with van der Waals surface area (Å²) in [5.74, 6) is 0.600. The highest BCUT2D eigenvalue weighted by atomic mass is 35.5. The smallest absolute Gasteiger partial charge is 0.240 e. The molecule has 1 unspecified atom stereocenters. The third-order valence-electron chi connectivity index (χ3n) is 3.50. The van der Waals surface area contributed by atoms with Crippen LogP contribution in [0.3, 0.4) is 0 Å². The molecule has 0 bridgehead atoms. The summed E-state index contributed by atoms with van der Waals surface area (Å²) in [5, 5.41) is 7.91. The molecule has 1 heterocycles. The van der Waals surface area contributed by atoms with E-state index in [1.807, 2.05) is 31.2 Å². The van der Waals surface area contributed by atoms with Crippen molar-refractivity contribution in [2.45, 2.75) is 19.5 Å². The maximum atomic E-state index is 12.9. The molecule has 0 radical (unpaired) electrons. The van der Waals surface area contributed by atoms with E-state index in [9.17, 15) is 4.39 Å². The summed E-state index contributed by atoms with van der Waals surface area (Å²) in [5.41, 5.74) is 1.72. The fraction of sp³-hybridized carbons (Fsp3) is 0.176. The largest absolute Gasteiger partial charge is 0.338 e. The minimum atomic E-state index is -0.298. The Bertz CT molecular complexity index is 789. The number of hydrogen-bond donors (Lipinski definition) is 1. The summed E-state index contributed by atoms with van der Waals surface area (Å²) >= 11 is 6.18. The fourth-order valence-corrected chi connectivity index (χ4v) is 2.52. The van der Waals surface area contributed by atoms with Gasteiger partial charge in [0.15, 0.2) is 0 Å². The van der Waals surface area contributed by atoms with Gasteiger partial charge in [-0.15, -0.1) is 0 Å². The molecular formula is C17H15ClFN3O. The number of halogens is 2. The maximum Gasteiger partial charge on any atom is 0.240 e. The van der Waals surface area contributed by atoms with Crippen LogP contribution < -0.4 is 5.32 Å². The van der Waals surface area contributed by atoms with Crippen molar-refractivity contribution in [2.24, 2.45) is 0 Å². The lowest BCUT2D eigenvalue weighted by molar-refractivity contribution is 0.360. The SMILES string of the molecule is CC(NCc1nc(-c2ccc(F)cc2)no1)c1ccccc1Cl. The molecule has 23 heavy (non-hydrogen) atoms. The molecular weight excluding hydrogens is 317 g/mol. The molecule has 0 fully saturated rings. The van der Waals surface area contributed by atoms with Crippen molar-refractivity contribution in [1.82, 2.24) is 15.5 Å². The van der Waals surface area contributed by atoms with Gasteiger partial charge in [-0.2, -0.15) is 4.98 Å². The second-order valence-electron chi connectivity index (χ2n) is 5.14. The van der Waals surface area contributed by atoms with Gasteiger partial charge in [0.1, 0.15) is 5.82 Å². The van der Waals surface area contributed by atoms with E-state index in [4.69, 9.17) is 16.1 Å². The summed E-state index contributed by atoms with van der Waals surface area (Å²) in [6.45, 7) is 2.43. The first-order valence-electron chi connectivity index (χ1n) is 7.20. The van der Waals surface area contributed by atoms with Crippen LogP contribution in [0.25, 0.3) is 11.4 Å². The molecule has 1 aromatic heterocycles. The lowest BCUT2D eigenvalue weighted by Gasteiger charge is -2.13. The second kappa shape index (κ2) is 6.89. The lowest BCUT2D eigenvalue weighted by Crippen LogP contribution is -2.18. The van der Waals surface area contributed by atoms with E-state index in [1.165, 1.54) is 12.1 Å². The van der Waals surface area contributed by atoms with Crippen LogP contribution in [0.2, 0.25) is 5.02 Å². The first-order chi connectivity index (χ1) is 11.1. The molecule has 1 atom stereocenters. The van der Waals surface area contributed by atoms with E-state index < -0.39 is 0 Å². The van der Waals surface area contributed by atoms with Gasteiger partial charge >= 0.3 is 0 Å². The number of aromatic nitrogens is 2. The minimum absolute atomic E-state index is 0.0462. The van der Waals surface area contributed by atoms with Gasteiger partial charge in [-0.3, -0.25) is 0 Å². The zero-order valence-corrected chi connectivity index (χ0v) is 13.2. The molecule has 0 amide bonds. The Kier molecular flexibility index (Phi) is 4.69. The molecule has 118 valence electrons. The molecule has 3 aromatic rings. The Morgan fingerprint density at radius 1 is 1.17 bits per heavy atom. The van der Waals surface area contributed by atoms with E-state index in [0.29, 0.717) is 28.8 Å². The number of hydrogen-bond acceptors (Lipinski definition) is 4. The van der Waals surface area contributed by atoms with Gasteiger partial charge in [-0.25, -0.2) is 4.39 Å². The summed E-state index contributed by atoms with van der Waals surface area (Å²) in [6.07, 6.45) is 0. The van der Waals surface area contributed by atoms with E-state index in [-0.39, 0.29) is 11.9 Å². The topological polar surface area (TPSA) is 51.0 Å². The molecule has 0 aliphatic heterocycles. The number of nitrogens with one attached hydrogen (secondary N) is 1. The highest BCUT2D eigenvalue weighted by molar-refractivity contribution is 6.31. The first kappa shape index (κ1) is 15.6. The highest BCUT2D eigenvalue weighted by Gasteiger charge is 2.12. The number of rotatable bonds is 5. The highest BCUT2D eigenvalue weighted by Crippen LogP contribution is 2.22. The first-order valence-corrected chi connectivity index (χ1v) is 7.57. The molecule has 4 nitrogen and oxygen atoms in total. The summed E-state index contributed by atoms with van der Waals surface area (Å²) in [6, 6.07) is 13.7. The van der Waals surface area contributed by atoms with E-state index in [1.54, 1.807) is 12.1 Å². The van der Waals surface area contributed by atoms with Crippen LogP contribution in [-0.2, 0) is 6.54 Å². The van der Waals surface area contributed by atoms with Crippen molar-refractivity contribution in [1.29, 1.82) is 0 Å². The Labute approximate surface area is 138 Å². The average molecular weight is 332 g/mol. The Morgan fingerprint density at radius 2 is 1.91 bits per heavy atom. The molecule has 0 saturated carbocycles. The fourth-order valence-electron chi connectivity index (χ4n) is 2.22. The van der Waals surface area contributed by atoms with E-state index >= 15 is 0 Å². The van der Waals surface area contributed by atoms with Gasteiger partial charge in [0.25, 0.3) is 0 Å². The second-order valence-corrected chi connectivity index (χ2v) is 5.55. The summed E-state index contributed by atoms with van der Waals surface area (Å²) < 4.78 is 18.1. The van der Waals surface area contributed by atoms with Gasteiger partial charge < -0.3 is 9.84 Å². The Balaban J connectivity index is 1.65. The summed E-state index contributed by atoms with van der Waals surface area (Å²) in [4.78, 5) is 4.30. The van der Waals surface area contributed by atoms with Crippen LogP contribution >= 0.6 is 11.6 Å². The number of nitrogens with zero attached hydrogens (tertiary/aromatic N) is 2. The van der Waals surface area contributed by atoms with Gasteiger partial charge in [-0.05, 0) is 42.8 Å². The Hall–Kier alpha value is -2.24. The third-order valence-corrected chi connectivity index (χ3v) is 3.85. The zero-order valence-electron chi connectivity index (χ0n) is 12.5. The molecule has 0 spiro atoms. The average Bonchev–Trinajstić information content (AvgIpc) is 3.03. The van der Waals surface area contributed by atoms with Crippen LogP contribution in [-0.4, -0.2) is 10.1 Å². The van der Waals surface area contributed by atoms with Gasteiger partial charge in [-0.1, -0.05) is 35.0 Å². The molecule has 6 heteroatoms. The minimum Gasteiger partial charge on any atom is -0.338 e. The third kappa shape index (κ3) is 3.75. The zero-order chi connectivity index (χ0) is 16.2. The Morgan fingerprint density at radius 3 is 2.65 bits per heavy atom. The lowest BCUT2D eigenvalue weighted by atomic mass is 10.1. The predicted molar refractivity (Wildman–Crippen MR) is 86.4 cm³/mol. The molecule has 0 aliphatic rings. The standard InChI is InChI=1S/C17H15ClFN3O/c1-11(14-4-2-3-5-15(14)18)20-10-16-21-17(22-23-16)12-6-8-13(19)9-7-12/h2-9,11,20H,10H2,1H3. The quantitative estimate of drug-likeness (QED) is 0.753. The summed E-state index contributed by atoms with van der Waals surface area (Å²) in [7, 11) is 0. The van der Waals surface area contributed by atoms with Gasteiger partial charge in [0.2, 0.25) is 11.7 Å². The molecule has 3 rings (SSSR count). The van der Waals surface area contributed by atoms with Crippen LogP contribution in [0.4, 0.5) is 4.39 Å². The van der Waals surface area contributed by atoms with Crippen molar-refractivity contribution >= 4 is 11.6 Å². The van der Waals surface area contributed by atoms with Crippen molar-refractivity contribution in [3.05, 3.63) is 70.8 Å². The van der Waals surface area contributed by atoms with Crippen molar-refractivity contribution < 1.29 is 8.91 Å². The molecule has 0 aliphatic carbocycles. The normalized spacial score (nSPS) is 12.3. The molecule has 1 N–H and O–H groups in total. The van der Waals surface area contributed by atoms with Crippen molar-refractivity contribution in [2.75, 3.05) is 0 Å². The monoisotopic (exact) mass is 331 g/mol. The van der Waals surface area contributed by atoms with E-state index in [0.717, 1.165) is 5.56 Å². The van der Waals surface area contributed by atoms with Crippen molar-refractivity contribution in [3.8, 4) is 11.4 Å². The van der Waals surface area contributed by atoms with Gasteiger partial charge in [0.05, 0.1) is 6.54 Å². The van der Waals surface area contributed by atoms with Crippen LogP contribution in [0.15, 0.2) is 53.1 Å². The van der Waals surface area contributed by atoms with Crippen LogP contribution in [0, 0.1) is 5.82 Å². The molecule has 2 aromatic carbocycles. The van der Waals surface area contributed by atoms with Crippen LogP contribution in [0.1, 0.15) is 24.4 Å².